The Hall–Kier alpha value is -1.85. The standard InChI is InChI=1S/C16H25FN2O3/c1-5-6-12(9-19-15(20)22-16(2,3)4)11-21-14-8-7-13(17)10-18-14/h7-8,10,12H,5-6,9,11H2,1-4H3,(H,19,20)/t12-/m1/s1. The fraction of sp³-hybridized carbons (Fsp3) is 0.625. The molecule has 0 aromatic carbocycles. The summed E-state index contributed by atoms with van der Waals surface area (Å²) in [7, 11) is 0. The van der Waals surface area contributed by atoms with Gasteiger partial charge in [0.05, 0.1) is 12.8 Å². The second kappa shape index (κ2) is 8.56. The van der Waals surface area contributed by atoms with Gasteiger partial charge in [-0.3, -0.25) is 0 Å². The van der Waals surface area contributed by atoms with E-state index in [1.54, 1.807) is 0 Å². The van der Waals surface area contributed by atoms with Crippen molar-refractivity contribution in [2.24, 2.45) is 5.92 Å². The SMILES string of the molecule is CCC[C@H](CNC(=O)OC(C)(C)C)COc1ccc(F)cn1. The Labute approximate surface area is 131 Å². The van der Waals surface area contributed by atoms with Crippen LogP contribution in [0.15, 0.2) is 18.3 Å². The Morgan fingerprint density at radius 3 is 2.68 bits per heavy atom. The molecule has 1 amide bonds. The van der Waals surface area contributed by atoms with Crippen molar-refractivity contribution in [1.29, 1.82) is 0 Å². The van der Waals surface area contributed by atoms with Crippen molar-refractivity contribution in [1.82, 2.24) is 10.3 Å². The van der Waals surface area contributed by atoms with Crippen LogP contribution in [0, 0.1) is 11.7 Å². The quantitative estimate of drug-likeness (QED) is 0.836. The third kappa shape index (κ3) is 7.81. The molecule has 1 N–H and O–H groups in total. The molecule has 1 aromatic rings. The number of carbonyl (C=O) groups is 1. The number of aromatic nitrogens is 1. The van der Waals surface area contributed by atoms with Gasteiger partial charge in [0.2, 0.25) is 5.88 Å². The molecule has 0 fully saturated rings. The highest BCUT2D eigenvalue weighted by molar-refractivity contribution is 5.67. The maximum Gasteiger partial charge on any atom is 0.407 e. The third-order valence-corrected chi connectivity index (χ3v) is 2.80. The molecule has 0 unspecified atom stereocenters. The van der Waals surface area contributed by atoms with Crippen LogP contribution in [0.2, 0.25) is 0 Å². The number of alkyl carbamates (subject to hydrolysis) is 1. The third-order valence-electron chi connectivity index (χ3n) is 2.80. The van der Waals surface area contributed by atoms with Gasteiger partial charge in [-0.2, -0.15) is 0 Å². The Morgan fingerprint density at radius 2 is 2.14 bits per heavy atom. The predicted octanol–water partition coefficient (Wildman–Crippen LogP) is 3.54. The number of amides is 1. The molecule has 0 spiro atoms. The van der Waals surface area contributed by atoms with Gasteiger partial charge < -0.3 is 14.8 Å². The number of nitrogens with zero attached hydrogens (tertiary/aromatic N) is 1. The van der Waals surface area contributed by atoms with E-state index in [9.17, 15) is 9.18 Å². The summed E-state index contributed by atoms with van der Waals surface area (Å²) in [6.45, 7) is 8.39. The molecule has 1 aromatic heterocycles. The van der Waals surface area contributed by atoms with Crippen molar-refractivity contribution < 1.29 is 18.7 Å². The van der Waals surface area contributed by atoms with Crippen molar-refractivity contribution >= 4 is 6.09 Å². The van der Waals surface area contributed by atoms with E-state index in [2.05, 4.69) is 17.2 Å². The van der Waals surface area contributed by atoms with Crippen molar-refractivity contribution in [2.45, 2.75) is 46.1 Å². The van der Waals surface area contributed by atoms with Gasteiger partial charge in [0.1, 0.15) is 11.4 Å². The molecule has 22 heavy (non-hydrogen) atoms. The Bertz CT molecular complexity index is 457. The number of rotatable bonds is 7. The van der Waals surface area contributed by atoms with E-state index in [1.165, 1.54) is 12.1 Å². The molecule has 5 nitrogen and oxygen atoms in total. The first-order chi connectivity index (χ1) is 10.3. The van der Waals surface area contributed by atoms with Crippen molar-refractivity contribution in [3.63, 3.8) is 0 Å². The highest BCUT2D eigenvalue weighted by atomic mass is 19.1. The number of ether oxygens (including phenoxy) is 2. The van der Waals surface area contributed by atoms with Gasteiger partial charge in [0.15, 0.2) is 0 Å². The Balaban J connectivity index is 2.41. The van der Waals surface area contributed by atoms with Crippen LogP contribution in [-0.4, -0.2) is 29.8 Å². The van der Waals surface area contributed by atoms with E-state index < -0.39 is 17.5 Å². The second-order valence-corrected chi connectivity index (χ2v) is 6.16. The lowest BCUT2D eigenvalue weighted by Crippen LogP contribution is -2.36. The number of halogens is 1. The van der Waals surface area contributed by atoms with Crippen molar-refractivity contribution in [3.05, 3.63) is 24.1 Å². The number of nitrogens with one attached hydrogen (secondary N) is 1. The van der Waals surface area contributed by atoms with E-state index in [0.717, 1.165) is 19.0 Å². The summed E-state index contributed by atoms with van der Waals surface area (Å²) in [6.07, 6.45) is 2.55. The monoisotopic (exact) mass is 312 g/mol. The minimum absolute atomic E-state index is 0.143. The highest BCUT2D eigenvalue weighted by Crippen LogP contribution is 2.12. The molecule has 0 saturated heterocycles. The van der Waals surface area contributed by atoms with Crippen LogP contribution in [0.25, 0.3) is 0 Å². The van der Waals surface area contributed by atoms with Gasteiger partial charge >= 0.3 is 6.09 Å². The normalized spacial score (nSPS) is 12.6. The smallest absolute Gasteiger partial charge is 0.407 e. The Morgan fingerprint density at radius 1 is 1.41 bits per heavy atom. The molecule has 1 atom stereocenters. The molecule has 1 heterocycles. The first-order valence-corrected chi connectivity index (χ1v) is 7.51. The van der Waals surface area contributed by atoms with Crippen LogP contribution in [-0.2, 0) is 4.74 Å². The minimum Gasteiger partial charge on any atom is -0.477 e. The van der Waals surface area contributed by atoms with E-state index >= 15 is 0 Å². The molecule has 0 bridgehead atoms. The lowest BCUT2D eigenvalue weighted by molar-refractivity contribution is 0.0512. The first-order valence-electron chi connectivity index (χ1n) is 7.51. The van der Waals surface area contributed by atoms with E-state index in [4.69, 9.17) is 9.47 Å². The summed E-state index contributed by atoms with van der Waals surface area (Å²) in [6, 6.07) is 2.79. The maximum absolute atomic E-state index is 12.8. The molecule has 124 valence electrons. The number of hydrogen-bond donors (Lipinski definition) is 1. The fourth-order valence-corrected chi connectivity index (χ4v) is 1.85. The zero-order chi connectivity index (χ0) is 16.6. The highest BCUT2D eigenvalue weighted by Gasteiger charge is 2.17. The average Bonchev–Trinajstić information content (AvgIpc) is 2.42. The molecular formula is C16H25FN2O3. The zero-order valence-corrected chi connectivity index (χ0v) is 13.7. The van der Waals surface area contributed by atoms with Crippen LogP contribution in [0.1, 0.15) is 40.5 Å². The first kappa shape index (κ1) is 18.2. The topological polar surface area (TPSA) is 60.5 Å². The van der Waals surface area contributed by atoms with Gasteiger partial charge in [-0.1, -0.05) is 13.3 Å². The molecule has 0 aliphatic carbocycles. The maximum atomic E-state index is 12.8. The van der Waals surface area contributed by atoms with Crippen LogP contribution in [0.5, 0.6) is 5.88 Å². The summed E-state index contributed by atoms with van der Waals surface area (Å²) in [5.41, 5.74) is -0.515. The van der Waals surface area contributed by atoms with Crippen LogP contribution >= 0.6 is 0 Å². The Kier molecular flexibility index (Phi) is 7.08. The molecule has 0 saturated carbocycles. The lowest BCUT2D eigenvalue weighted by atomic mass is 10.1. The summed E-state index contributed by atoms with van der Waals surface area (Å²) >= 11 is 0. The molecule has 1 rings (SSSR count). The van der Waals surface area contributed by atoms with Crippen LogP contribution in [0.4, 0.5) is 9.18 Å². The lowest BCUT2D eigenvalue weighted by Gasteiger charge is -2.22. The molecule has 0 radical (unpaired) electrons. The van der Waals surface area contributed by atoms with E-state index in [1.807, 2.05) is 20.8 Å². The molecular weight excluding hydrogens is 287 g/mol. The second-order valence-electron chi connectivity index (χ2n) is 6.16. The summed E-state index contributed by atoms with van der Waals surface area (Å²) in [5.74, 6) is 0.119. The largest absolute Gasteiger partial charge is 0.477 e. The van der Waals surface area contributed by atoms with Gasteiger partial charge in [-0.25, -0.2) is 14.2 Å². The molecule has 0 aliphatic heterocycles. The number of carbonyl (C=O) groups excluding carboxylic acids is 1. The molecule has 6 heteroatoms. The molecule has 0 aliphatic rings. The number of pyridine rings is 1. The van der Waals surface area contributed by atoms with Crippen molar-refractivity contribution in [3.8, 4) is 5.88 Å². The van der Waals surface area contributed by atoms with Gasteiger partial charge in [0.25, 0.3) is 0 Å². The van der Waals surface area contributed by atoms with Crippen LogP contribution in [0.3, 0.4) is 0 Å². The van der Waals surface area contributed by atoms with Crippen molar-refractivity contribution in [2.75, 3.05) is 13.2 Å². The van der Waals surface area contributed by atoms with E-state index in [0.29, 0.717) is 19.0 Å². The zero-order valence-electron chi connectivity index (χ0n) is 13.7. The average molecular weight is 312 g/mol. The van der Waals surface area contributed by atoms with Gasteiger partial charge in [-0.15, -0.1) is 0 Å². The summed E-state index contributed by atoms with van der Waals surface area (Å²) in [5, 5.41) is 2.75. The summed E-state index contributed by atoms with van der Waals surface area (Å²) < 4.78 is 23.5. The van der Waals surface area contributed by atoms with Gasteiger partial charge in [0, 0.05) is 18.5 Å². The predicted molar refractivity (Wildman–Crippen MR) is 82.3 cm³/mol. The van der Waals surface area contributed by atoms with E-state index in [-0.39, 0.29) is 5.92 Å². The fourth-order valence-electron chi connectivity index (χ4n) is 1.85. The van der Waals surface area contributed by atoms with Crippen LogP contribution < -0.4 is 10.1 Å². The minimum atomic E-state index is -0.515. The van der Waals surface area contributed by atoms with Gasteiger partial charge in [-0.05, 0) is 33.3 Å². The summed E-state index contributed by atoms with van der Waals surface area (Å²) in [4.78, 5) is 15.5. The number of hydrogen-bond acceptors (Lipinski definition) is 4.